The molecule has 0 amide bonds. The minimum absolute atomic E-state index is 0.192. The van der Waals surface area contributed by atoms with E-state index in [2.05, 4.69) is 4.98 Å². The summed E-state index contributed by atoms with van der Waals surface area (Å²) in [5.41, 5.74) is 5.90. The van der Waals surface area contributed by atoms with E-state index in [9.17, 15) is 13.2 Å². The van der Waals surface area contributed by atoms with E-state index in [1.165, 1.54) is 23.5 Å². The summed E-state index contributed by atoms with van der Waals surface area (Å²) in [4.78, 5) is 5.07. The van der Waals surface area contributed by atoms with Gasteiger partial charge in [-0.3, -0.25) is 0 Å². The number of hydrogen-bond donors (Lipinski definition) is 1. The Hall–Kier alpha value is -1.56. The second-order valence-corrected chi connectivity index (χ2v) is 7.02. The standard InChI is InChI=1S/C15H17F3N2S/c1-14(2,3)12-11(21-13(19)20-12)8-9-6-4-5-7-10(9)15(16,17)18/h4-7H,8H2,1-3H3,(H2,19,20). The molecule has 21 heavy (non-hydrogen) atoms. The molecule has 0 atom stereocenters. The zero-order valence-corrected chi connectivity index (χ0v) is 12.9. The van der Waals surface area contributed by atoms with Crippen molar-refractivity contribution in [3.8, 4) is 0 Å². The molecule has 114 valence electrons. The minimum atomic E-state index is -4.35. The number of alkyl halides is 3. The van der Waals surface area contributed by atoms with Crippen molar-refractivity contribution in [1.82, 2.24) is 4.98 Å². The van der Waals surface area contributed by atoms with E-state index in [4.69, 9.17) is 5.73 Å². The molecule has 1 heterocycles. The van der Waals surface area contributed by atoms with Crippen LogP contribution in [0.3, 0.4) is 0 Å². The van der Waals surface area contributed by atoms with Gasteiger partial charge in [-0.15, -0.1) is 11.3 Å². The molecule has 2 rings (SSSR count). The van der Waals surface area contributed by atoms with Crippen molar-refractivity contribution in [2.45, 2.75) is 38.8 Å². The first-order valence-electron chi connectivity index (χ1n) is 6.50. The third-order valence-electron chi connectivity index (χ3n) is 3.10. The second kappa shape index (κ2) is 5.33. The first kappa shape index (κ1) is 15.8. The molecule has 0 aliphatic rings. The SMILES string of the molecule is CC(C)(C)c1nc(N)sc1Cc1ccccc1C(F)(F)F. The van der Waals surface area contributed by atoms with Gasteiger partial charge >= 0.3 is 6.18 Å². The smallest absolute Gasteiger partial charge is 0.375 e. The summed E-state index contributed by atoms with van der Waals surface area (Å²) in [5, 5.41) is 0.388. The highest BCUT2D eigenvalue weighted by Crippen LogP contribution is 2.36. The maximum Gasteiger partial charge on any atom is 0.416 e. The number of halogens is 3. The molecule has 1 aromatic carbocycles. The van der Waals surface area contributed by atoms with Gasteiger partial charge in [-0.2, -0.15) is 13.2 Å². The number of anilines is 1. The second-order valence-electron chi connectivity index (χ2n) is 5.91. The fraction of sp³-hybridized carbons (Fsp3) is 0.400. The van der Waals surface area contributed by atoms with Crippen LogP contribution in [0, 0.1) is 0 Å². The van der Waals surface area contributed by atoms with Gasteiger partial charge in [0.25, 0.3) is 0 Å². The largest absolute Gasteiger partial charge is 0.416 e. The van der Waals surface area contributed by atoms with Gasteiger partial charge in [0.15, 0.2) is 5.13 Å². The normalized spacial score (nSPS) is 12.7. The molecule has 0 spiro atoms. The lowest BCUT2D eigenvalue weighted by atomic mass is 9.89. The van der Waals surface area contributed by atoms with Crippen molar-refractivity contribution in [2.75, 3.05) is 5.73 Å². The van der Waals surface area contributed by atoms with Crippen LogP contribution in [0.25, 0.3) is 0 Å². The van der Waals surface area contributed by atoms with Crippen molar-refractivity contribution in [1.29, 1.82) is 0 Å². The molecule has 6 heteroatoms. The van der Waals surface area contributed by atoms with Gasteiger partial charge in [-0.05, 0) is 11.6 Å². The van der Waals surface area contributed by atoms with Crippen LogP contribution in [0.1, 0.15) is 42.5 Å². The van der Waals surface area contributed by atoms with Gasteiger partial charge in [0.1, 0.15) is 0 Å². The molecule has 0 unspecified atom stereocenters. The zero-order valence-electron chi connectivity index (χ0n) is 12.1. The van der Waals surface area contributed by atoms with Crippen LogP contribution in [-0.2, 0) is 18.0 Å². The van der Waals surface area contributed by atoms with E-state index < -0.39 is 11.7 Å². The third-order valence-corrected chi connectivity index (χ3v) is 3.98. The van der Waals surface area contributed by atoms with E-state index in [0.29, 0.717) is 5.13 Å². The van der Waals surface area contributed by atoms with Gasteiger partial charge in [0.2, 0.25) is 0 Å². The molecule has 0 saturated heterocycles. The molecular formula is C15H17F3N2S. The summed E-state index contributed by atoms with van der Waals surface area (Å²) >= 11 is 1.25. The van der Waals surface area contributed by atoms with E-state index >= 15 is 0 Å². The van der Waals surface area contributed by atoms with E-state index in [1.807, 2.05) is 20.8 Å². The molecule has 0 aliphatic heterocycles. The topological polar surface area (TPSA) is 38.9 Å². The number of thiazole rings is 1. The van der Waals surface area contributed by atoms with Crippen LogP contribution in [0.15, 0.2) is 24.3 Å². The molecule has 0 radical (unpaired) electrons. The Morgan fingerprint density at radius 1 is 1.14 bits per heavy atom. The summed E-state index contributed by atoms with van der Waals surface area (Å²) < 4.78 is 39.2. The lowest BCUT2D eigenvalue weighted by Crippen LogP contribution is -2.15. The van der Waals surface area contributed by atoms with Crippen molar-refractivity contribution in [2.24, 2.45) is 0 Å². The molecule has 1 aromatic heterocycles. The van der Waals surface area contributed by atoms with Crippen LogP contribution in [0.2, 0.25) is 0 Å². The number of aromatic nitrogens is 1. The Balaban J connectivity index is 2.45. The summed E-state index contributed by atoms with van der Waals surface area (Å²) in [6.45, 7) is 5.92. The number of benzene rings is 1. The average Bonchev–Trinajstić information content (AvgIpc) is 2.69. The molecule has 0 fully saturated rings. The van der Waals surface area contributed by atoms with Crippen molar-refractivity contribution < 1.29 is 13.2 Å². The first-order chi connectivity index (χ1) is 9.59. The highest BCUT2D eigenvalue weighted by Gasteiger charge is 2.33. The van der Waals surface area contributed by atoms with Crippen molar-refractivity contribution in [3.05, 3.63) is 46.0 Å². The Morgan fingerprint density at radius 3 is 2.33 bits per heavy atom. The highest BCUT2D eigenvalue weighted by molar-refractivity contribution is 7.15. The highest BCUT2D eigenvalue weighted by atomic mass is 32.1. The monoisotopic (exact) mass is 314 g/mol. The molecular weight excluding hydrogens is 297 g/mol. The Morgan fingerprint density at radius 2 is 1.76 bits per heavy atom. The van der Waals surface area contributed by atoms with E-state index in [1.54, 1.807) is 6.07 Å². The molecule has 0 aliphatic carbocycles. The number of nitrogen functional groups attached to an aromatic ring is 1. The van der Waals surface area contributed by atoms with Gasteiger partial charge in [-0.25, -0.2) is 4.98 Å². The van der Waals surface area contributed by atoms with Crippen LogP contribution < -0.4 is 5.73 Å². The Bertz CT molecular complexity index is 639. The summed E-state index contributed by atoms with van der Waals surface area (Å²) in [5.74, 6) is 0. The zero-order chi connectivity index (χ0) is 15.8. The van der Waals surface area contributed by atoms with Gasteiger partial charge in [-0.1, -0.05) is 39.0 Å². The van der Waals surface area contributed by atoms with Gasteiger partial charge in [0.05, 0.1) is 11.3 Å². The first-order valence-corrected chi connectivity index (χ1v) is 7.31. The Kier molecular flexibility index (Phi) is 4.02. The predicted molar refractivity (Wildman–Crippen MR) is 79.5 cm³/mol. The maximum atomic E-state index is 13.1. The lowest BCUT2D eigenvalue weighted by molar-refractivity contribution is -0.138. The van der Waals surface area contributed by atoms with Gasteiger partial charge in [0, 0.05) is 16.7 Å². The fourth-order valence-electron chi connectivity index (χ4n) is 2.20. The van der Waals surface area contributed by atoms with Crippen molar-refractivity contribution >= 4 is 16.5 Å². The van der Waals surface area contributed by atoms with Crippen LogP contribution in [0.4, 0.5) is 18.3 Å². The van der Waals surface area contributed by atoms with E-state index in [0.717, 1.165) is 16.6 Å². The van der Waals surface area contributed by atoms with Crippen molar-refractivity contribution in [3.63, 3.8) is 0 Å². The number of rotatable bonds is 2. The Labute approximate surface area is 125 Å². The number of nitrogens with two attached hydrogens (primary N) is 1. The average molecular weight is 314 g/mol. The number of hydrogen-bond acceptors (Lipinski definition) is 3. The lowest BCUT2D eigenvalue weighted by Gasteiger charge is -2.18. The minimum Gasteiger partial charge on any atom is -0.375 e. The van der Waals surface area contributed by atoms with Gasteiger partial charge < -0.3 is 5.73 Å². The van der Waals surface area contributed by atoms with E-state index in [-0.39, 0.29) is 17.4 Å². The predicted octanol–water partition coefficient (Wildman–Crippen LogP) is 4.63. The molecule has 2 nitrogen and oxygen atoms in total. The quantitative estimate of drug-likeness (QED) is 0.877. The van der Waals surface area contributed by atoms with Crippen LogP contribution in [-0.4, -0.2) is 4.98 Å². The molecule has 2 N–H and O–H groups in total. The van der Waals surface area contributed by atoms with Crippen LogP contribution >= 0.6 is 11.3 Å². The molecule has 2 aromatic rings. The molecule has 0 bridgehead atoms. The molecule has 0 saturated carbocycles. The fourth-order valence-corrected chi connectivity index (χ4v) is 3.27. The summed E-state index contributed by atoms with van der Waals surface area (Å²) in [6.07, 6.45) is -4.16. The third kappa shape index (κ3) is 3.56. The maximum absolute atomic E-state index is 13.1. The van der Waals surface area contributed by atoms with Crippen LogP contribution in [0.5, 0.6) is 0 Å². The summed E-state index contributed by atoms with van der Waals surface area (Å²) in [7, 11) is 0. The number of nitrogens with zero attached hydrogens (tertiary/aromatic N) is 1. The summed E-state index contributed by atoms with van der Waals surface area (Å²) in [6, 6.07) is 5.63.